The molecule has 1 aromatic heterocycles. The highest BCUT2D eigenvalue weighted by atomic mass is 79.9. The fourth-order valence-corrected chi connectivity index (χ4v) is 2.43. The molecule has 0 fully saturated rings. The fourth-order valence-electron chi connectivity index (χ4n) is 1.78. The van der Waals surface area contributed by atoms with Crippen molar-refractivity contribution in [1.82, 2.24) is 9.97 Å². The van der Waals surface area contributed by atoms with Crippen molar-refractivity contribution in [3.63, 3.8) is 0 Å². The first-order valence-corrected chi connectivity index (χ1v) is 6.66. The van der Waals surface area contributed by atoms with Crippen molar-refractivity contribution in [2.45, 2.75) is 0 Å². The number of hydrogen-bond donors (Lipinski definition) is 1. The third-order valence-electron chi connectivity index (χ3n) is 2.67. The molecule has 0 saturated heterocycles. The molecular formula is C12H9BrClN3O2. The van der Waals surface area contributed by atoms with Crippen LogP contribution in [0, 0.1) is 0 Å². The smallest absolute Gasteiger partial charge is 0.231 e. The maximum Gasteiger partial charge on any atom is 0.231 e. The Hall–Kier alpha value is -1.53. The predicted molar refractivity (Wildman–Crippen MR) is 75.8 cm³/mol. The van der Waals surface area contributed by atoms with E-state index >= 15 is 0 Å². The number of benzene rings is 1. The Labute approximate surface area is 123 Å². The molecule has 1 aliphatic rings. The summed E-state index contributed by atoms with van der Waals surface area (Å²) in [5.74, 6) is 2.45. The lowest BCUT2D eigenvalue weighted by molar-refractivity contribution is 0.174. The topological polar surface area (TPSA) is 56.3 Å². The van der Waals surface area contributed by atoms with Gasteiger partial charge in [-0.15, -0.1) is 0 Å². The molecule has 19 heavy (non-hydrogen) atoms. The number of rotatable bonds is 2. The number of hydrogen-bond acceptors (Lipinski definition) is 5. The molecule has 0 unspecified atom stereocenters. The van der Waals surface area contributed by atoms with Crippen LogP contribution < -0.4 is 14.8 Å². The average Bonchev–Trinajstić information content (AvgIpc) is 2.88. The van der Waals surface area contributed by atoms with Crippen LogP contribution in [0.4, 0.5) is 5.82 Å². The zero-order valence-corrected chi connectivity index (χ0v) is 12.2. The summed E-state index contributed by atoms with van der Waals surface area (Å²) >= 11 is 9.51. The quantitative estimate of drug-likeness (QED) is 0.907. The Balaban J connectivity index is 2.10. The van der Waals surface area contributed by atoms with Gasteiger partial charge < -0.3 is 14.8 Å². The molecular weight excluding hydrogens is 334 g/mol. The molecule has 1 aliphatic heterocycles. The average molecular weight is 343 g/mol. The van der Waals surface area contributed by atoms with Crippen LogP contribution in [0.5, 0.6) is 11.5 Å². The second-order valence-corrected chi connectivity index (χ2v) is 5.09. The molecule has 0 radical (unpaired) electrons. The molecule has 2 heterocycles. The molecule has 98 valence electrons. The summed E-state index contributed by atoms with van der Waals surface area (Å²) in [7, 11) is 1.80. The molecule has 0 bridgehead atoms. The van der Waals surface area contributed by atoms with Gasteiger partial charge in [0.25, 0.3) is 0 Å². The zero-order valence-electron chi connectivity index (χ0n) is 9.91. The van der Waals surface area contributed by atoms with Gasteiger partial charge in [-0.2, -0.15) is 0 Å². The van der Waals surface area contributed by atoms with Crippen LogP contribution in [0.25, 0.3) is 11.4 Å². The van der Waals surface area contributed by atoms with Crippen molar-refractivity contribution in [2.24, 2.45) is 0 Å². The molecule has 3 rings (SSSR count). The van der Waals surface area contributed by atoms with Gasteiger partial charge in [-0.3, -0.25) is 0 Å². The minimum absolute atomic E-state index is 0.182. The van der Waals surface area contributed by atoms with Crippen molar-refractivity contribution < 1.29 is 9.47 Å². The van der Waals surface area contributed by atoms with Crippen LogP contribution in [0.15, 0.2) is 22.8 Å². The minimum atomic E-state index is 0.182. The summed E-state index contributed by atoms with van der Waals surface area (Å²) < 4.78 is 11.4. The number of nitrogens with one attached hydrogen (secondary N) is 1. The molecule has 0 amide bonds. The highest BCUT2D eigenvalue weighted by Crippen LogP contribution is 2.41. The molecule has 1 aromatic carbocycles. The van der Waals surface area contributed by atoms with E-state index < -0.39 is 0 Å². The number of ether oxygens (including phenoxy) is 2. The van der Waals surface area contributed by atoms with E-state index in [4.69, 9.17) is 21.1 Å². The maximum atomic E-state index is 6.14. The SMILES string of the molecule is CNc1nc(-c2cc(Cl)c3c(c2)OCO3)ncc1Br. The van der Waals surface area contributed by atoms with Crippen LogP contribution in [0.1, 0.15) is 0 Å². The van der Waals surface area contributed by atoms with Crippen molar-refractivity contribution in [3.05, 3.63) is 27.8 Å². The van der Waals surface area contributed by atoms with Gasteiger partial charge in [-0.05, 0) is 28.1 Å². The van der Waals surface area contributed by atoms with Crippen molar-refractivity contribution in [1.29, 1.82) is 0 Å². The van der Waals surface area contributed by atoms with Gasteiger partial charge >= 0.3 is 0 Å². The molecule has 0 atom stereocenters. The highest BCUT2D eigenvalue weighted by molar-refractivity contribution is 9.10. The second-order valence-electron chi connectivity index (χ2n) is 3.83. The first-order chi connectivity index (χ1) is 9.19. The van der Waals surface area contributed by atoms with E-state index in [1.807, 2.05) is 6.07 Å². The molecule has 0 saturated carbocycles. The van der Waals surface area contributed by atoms with E-state index in [-0.39, 0.29) is 6.79 Å². The standard InChI is InChI=1S/C12H9BrClN3O2/c1-15-12-7(13)4-16-11(17-12)6-2-8(14)10-9(3-6)18-5-19-10/h2-4H,5H2,1H3,(H,15,16,17). The van der Waals surface area contributed by atoms with Gasteiger partial charge in [-0.1, -0.05) is 11.6 Å². The Kier molecular flexibility index (Phi) is 3.20. The summed E-state index contributed by atoms with van der Waals surface area (Å²) in [5.41, 5.74) is 0.776. The lowest BCUT2D eigenvalue weighted by atomic mass is 10.2. The summed E-state index contributed by atoms with van der Waals surface area (Å²) in [4.78, 5) is 8.67. The Morgan fingerprint density at radius 1 is 1.37 bits per heavy atom. The van der Waals surface area contributed by atoms with Crippen LogP contribution in [0.3, 0.4) is 0 Å². The van der Waals surface area contributed by atoms with Gasteiger partial charge in [0.15, 0.2) is 17.3 Å². The Bertz CT molecular complexity index is 651. The van der Waals surface area contributed by atoms with E-state index in [0.29, 0.717) is 28.2 Å². The largest absolute Gasteiger partial charge is 0.454 e. The third kappa shape index (κ3) is 2.21. The summed E-state index contributed by atoms with van der Waals surface area (Å²) in [6, 6.07) is 3.58. The first-order valence-electron chi connectivity index (χ1n) is 5.49. The van der Waals surface area contributed by atoms with Crippen LogP contribution in [0.2, 0.25) is 5.02 Å². The van der Waals surface area contributed by atoms with E-state index in [0.717, 1.165) is 10.0 Å². The number of nitrogens with zero attached hydrogens (tertiary/aromatic N) is 2. The Morgan fingerprint density at radius 2 is 2.21 bits per heavy atom. The van der Waals surface area contributed by atoms with Gasteiger partial charge in [0, 0.05) is 18.8 Å². The van der Waals surface area contributed by atoms with Gasteiger partial charge in [0.05, 0.1) is 9.50 Å². The summed E-state index contributed by atoms with van der Waals surface area (Å²) in [6.07, 6.45) is 1.69. The van der Waals surface area contributed by atoms with Crippen molar-refractivity contribution in [2.75, 3.05) is 19.2 Å². The van der Waals surface area contributed by atoms with Crippen LogP contribution in [-0.2, 0) is 0 Å². The predicted octanol–water partition coefficient (Wildman–Crippen LogP) is 3.33. The van der Waals surface area contributed by atoms with E-state index in [2.05, 4.69) is 31.2 Å². The van der Waals surface area contributed by atoms with Gasteiger partial charge in [-0.25, -0.2) is 9.97 Å². The minimum Gasteiger partial charge on any atom is -0.454 e. The molecule has 2 aromatic rings. The maximum absolute atomic E-state index is 6.14. The Morgan fingerprint density at radius 3 is 3.00 bits per heavy atom. The van der Waals surface area contributed by atoms with Crippen molar-refractivity contribution in [3.8, 4) is 22.9 Å². The number of halogens is 2. The van der Waals surface area contributed by atoms with Gasteiger partial charge in [0.1, 0.15) is 5.82 Å². The monoisotopic (exact) mass is 341 g/mol. The lowest BCUT2D eigenvalue weighted by Gasteiger charge is -2.07. The van der Waals surface area contributed by atoms with Crippen molar-refractivity contribution >= 4 is 33.3 Å². The number of anilines is 1. The first kappa shape index (κ1) is 12.5. The van der Waals surface area contributed by atoms with Gasteiger partial charge in [0.2, 0.25) is 6.79 Å². The summed E-state index contributed by atoms with van der Waals surface area (Å²) in [6.45, 7) is 0.182. The number of fused-ring (bicyclic) bond motifs is 1. The molecule has 7 heteroatoms. The summed E-state index contributed by atoms with van der Waals surface area (Å²) in [5, 5.41) is 3.47. The third-order valence-corrected chi connectivity index (χ3v) is 3.53. The molecule has 5 nitrogen and oxygen atoms in total. The van der Waals surface area contributed by atoms with Crippen LogP contribution >= 0.6 is 27.5 Å². The normalized spacial score (nSPS) is 12.6. The highest BCUT2D eigenvalue weighted by Gasteiger charge is 2.19. The van der Waals surface area contributed by atoms with E-state index in [1.165, 1.54) is 0 Å². The fraction of sp³-hybridized carbons (Fsp3) is 0.167. The molecule has 1 N–H and O–H groups in total. The lowest BCUT2D eigenvalue weighted by Crippen LogP contribution is -1.97. The van der Waals surface area contributed by atoms with Crippen LogP contribution in [-0.4, -0.2) is 23.8 Å². The number of aromatic nitrogens is 2. The van der Waals surface area contributed by atoms with E-state index in [9.17, 15) is 0 Å². The van der Waals surface area contributed by atoms with E-state index in [1.54, 1.807) is 19.3 Å². The molecule has 0 aliphatic carbocycles. The molecule has 0 spiro atoms. The second kappa shape index (κ2) is 4.86. The zero-order chi connectivity index (χ0) is 13.4.